The molecular formula is C32H49N7O6. The molecule has 0 spiro atoms. The van der Waals surface area contributed by atoms with Gasteiger partial charge in [0.25, 0.3) is 0 Å². The van der Waals surface area contributed by atoms with Crippen LogP contribution in [-0.4, -0.2) is 118 Å². The number of piperazine rings is 1. The Morgan fingerprint density at radius 3 is 2.29 bits per heavy atom. The van der Waals surface area contributed by atoms with Crippen molar-refractivity contribution in [2.24, 2.45) is 13.0 Å². The number of aryl methyl sites for hydroxylation is 1. The summed E-state index contributed by atoms with van der Waals surface area (Å²) in [5.41, 5.74) is 2.00. The first-order valence-electron chi connectivity index (χ1n) is 16.2. The van der Waals surface area contributed by atoms with Gasteiger partial charge in [-0.25, -0.2) is 4.79 Å². The van der Waals surface area contributed by atoms with Crippen molar-refractivity contribution in [2.45, 2.75) is 70.7 Å². The minimum atomic E-state index is -0.492. The van der Waals surface area contributed by atoms with E-state index in [-0.39, 0.29) is 17.5 Å². The van der Waals surface area contributed by atoms with Crippen molar-refractivity contribution < 1.29 is 24.3 Å². The van der Waals surface area contributed by atoms with Crippen molar-refractivity contribution in [3.63, 3.8) is 0 Å². The van der Waals surface area contributed by atoms with Gasteiger partial charge < -0.3 is 24.4 Å². The van der Waals surface area contributed by atoms with Gasteiger partial charge in [0.15, 0.2) is 5.75 Å². The number of carbonyl (C=O) groups excluding carboxylic acids is 1. The molecule has 3 aliphatic heterocycles. The molecule has 248 valence electrons. The van der Waals surface area contributed by atoms with E-state index < -0.39 is 16.8 Å². The summed E-state index contributed by atoms with van der Waals surface area (Å²) in [4.78, 5) is 32.6. The third-order valence-electron chi connectivity index (χ3n) is 9.41. The maximum atomic E-state index is 12.4. The molecule has 13 nitrogen and oxygen atoms in total. The fourth-order valence-corrected chi connectivity index (χ4v) is 6.91. The van der Waals surface area contributed by atoms with E-state index in [9.17, 15) is 20.0 Å². The third kappa shape index (κ3) is 8.06. The van der Waals surface area contributed by atoms with Crippen molar-refractivity contribution in [3.05, 3.63) is 34.6 Å². The van der Waals surface area contributed by atoms with Crippen molar-refractivity contribution in [1.82, 2.24) is 24.5 Å². The van der Waals surface area contributed by atoms with E-state index in [1.165, 1.54) is 7.11 Å². The molecule has 4 heterocycles. The number of nitrogens with zero attached hydrogens (tertiary/aromatic N) is 7. The summed E-state index contributed by atoms with van der Waals surface area (Å²) in [5, 5.41) is 27.1. The van der Waals surface area contributed by atoms with Crippen LogP contribution in [0.5, 0.6) is 5.75 Å². The lowest BCUT2D eigenvalue weighted by Gasteiger charge is -2.45. The summed E-state index contributed by atoms with van der Waals surface area (Å²) in [6, 6.07) is 3.86. The number of aromatic nitrogens is 2. The van der Waals surface area contributed by atoms with Crippen LogP contribution in [0.2, 0.25) is 0 Å². The van der Waals surface area contributed by atoms with Gasteiger partial charge in [0, 0.05) is 101 Å². The molecule has 3 fully saturated rings. The average molecular weight is 628 g/mol. The lowest BCUT2D eigenvalue weighted by molar-refractivity contribution is -0.385. The van der Waals surface area contributed by atoms with Gasteiger partial charge in [-0.15, -0.1) is 0 Å². The van der Waals surface area contributed by atoms with E-state index in [1.54, 1.807) is 27.9 Å². The van der Waals surface area contributed by atoms with Crippen LogP contribution < -0.4 is 9.64 Å². The lowest BCUT2D eigenvalue weighted by atomic mass is 9.92. The number of methoxy groups -OCH3 is 1. The molecule has 0 aliphatic carbocycles. The van der Waals surface area contributed by atoms with Crippen LogP contribution >= 0.6 is 0 Å². The number of carbonyl (C=O) groups is 1. The molecule has 0 radical (unpaired) electrons. The number of ether oxygens (including phenoxy) is 2. The highest BCUT2D eigenvalue weighted by atomic mass is 16.6. The Hall–Kier alpha value is -3.42. The smallest absolute Gasteiger partial charge is 0.410 e. The summed E-state index contributed by atoms with van der Waals surface area (Å²) < 4.78 is 12.6. The predicted octanol–water partition coefficient (Wildman–Crippen LogP) is 3.95. The van der Waals surface area contributed by atoms with Crippen LogP contribution in [0, 0.1) is 16.0 Å². The standard InChI is InChI=1S/C32H49N7O6/c1-32(2,3)45-31(41)38-10-6-23(7-11-38)18-30(40)37-16-14-35(15-17-37)25-8-12-36(13-9-25)27-20-29(44-5)28(39(42)43)19-26(27)24-21-33-34(4)22-24/h19-23,25,30,40H,6-18H2,1-5H3. The summed E-state index contributed by atoms with van der Waals surface area (Å²) >= 11 is 0. The topological polar surface area (TPSA) is 130 Å². The Morgan fingerprint density at radius 2 is 1.73 bits per heavy atom. The first kappa shape index (κ1) is 33.0. The van der Waals surface area contributed by atoms with Crippen LogP contribution in [0.15, 0.2) is 24.5 Å². The molecule has 1 aromatic carbocycles. The second kappa shape index (κ2) is 13.9. The molecular weight excluding hydrogens is 578 g/mol. The van der Waals surface area contributed by atoms with Crippen molar-refractivity contribution in [1.29, 1.82) is 0 Å². The Labute approximate surface area is 265 Å². The highest BCUT2D eigenvalue weighted by Crippen LogP contribution is 2.41. The Morgan fingerprint density at radius 1 is 1.07 bits per heavy atom. The molecule has 1 N–H and O–H groups in total. The molecule has 0 bridgehead atoms. The van der Waals surface area contributed by atoms with E-state index in [0.29, 0.717) is 25.0 Å². The van der Waals surface area contributed by atoms with Crippen LogP contribution in [0.3, 0.4) is 0 Å². The zero-order valence-electron chi connectivity index (χ0n) is 27.4. The van der Waals surface area contributed by atoms with E-state index in [0.717, 1.165) is 88.2 Å². The zero-order chi connectivity index (χ0) is 32.3. The third-order valence-corrected chi connectivity index (χ3v) is 9.41. The molecule has 2 aromatic rings. The molecule has 45 heavy (non-hydrogen) atoms. The van der Waals surface area contributed by atoms with Gasteiger partial charge in [-0.05, 0) is 58.8 Å². The molecule has 3 aliphatic rings. The molecule has 1 amide bonds. The number of likely N-dealkylation sites (tertiary alicyclic amines) is 1. The van der Waals surface area contributed by atoms with E-state index in [2.05, 4.69) is 19.8 Å². The van der Waals surface area contributed by atoms with Crippen LogP contribution in [0.4, 0.5) is 16.2 Å². The van der Waals surface area contributed by atoms with Crippen LogP contribution in [-0.2, 0) is 11.8 Å². The van der Waals surface area contributed by atoms with Gasteiger partial charge >= 0.3 is 11.8 Å². The SMILES string of the molecule is COc1cc(N2CCC(N3CCN(C(O)CC4CCN(C(=O)OC(C)(C)C)CC4)CC3)CC2)c(-c2cnn(C)c2)cc1[N+](=O)[O-]. The molecule has 1 atom stereocenters. The highest BCUT2D eigenvalue weighted by molar-refractivity contribution is 5.82. The monoisotopic (exact) mass is 627 g/mol. The van der Waals surface area contributed by atoms with Gasteiger partial charge in [-0.1, -0.05) is 0 Å². The maximum Gasteiger partial charge on any atom is 0.410 e. The van der Waals surface area contributed by atoms with Gasteiger partial charge in [-0.3, -0.25) is 24.6 Å². The van der Waals surface area contributed by atoms with Crippen LogP contribution in [0.25, 0.3) is 11.1 Å². The van der Waals surface area contributed by atoms with E-state index in [1.807, 2.05) is 34.0 Å². The molecule has 3 saturated heterocycles. The number of amides is 1. The predicted molar refractivity (Wildman–Crippen MR) is 171 cm³/mol. The molecule has 13 heteroatoms. The fraction of sp³-hybridized carbons (Fsp3) is 0.688. The van der Waals surface area contributed by atoms with E-state index >= 15 is 0 Å². The lowest BCUT2D eigenvalue weighted by Crippen LogP contribution is -2.55. The molecule has 5 rings (SSSR count). The number of anilines is 1. The normalized spacial score (nSPS) is 20.3. The Bertz CT molecular complexity index is 1320. The molecule has 1 aromatic heterocycles. The second-order valence-corrected chi connectivity index (χ2v) is 13.6. The summed E-state index contributed by atoms with van der Waals surface area (Å²) in [6.07, 6.45) is 7.40. The van der Waals surface area contributed by atoms with Crippen molar-refractivity contribution in [3.8, 4) is 16.9 Å². The number of hydrogen-bond donors (Lipinski definition) is 1. The number of piperidine rings is 2. The Kier molecular flexibility index (Phi) is 10.2. The second-order valence-electron chi connectivity index (χ2n) is 13.6. The highest BCUT2D eigenvalue weighted by Gasteiger charge is 2.33. The fourth-order valence-electron chi connectivity index (χ4n) is 6.91. The van der Waals surface area contributed by atoms with Gasteiger partial charge in [0.2, 0.25) is 0 Å². The molecule has 0 saturated carbocycles. The number of aliphatic hydroxyl groups excluding tert-OH is 1. The largest absolute Gasteiger partial charge is 0.490 e. The number of rotatable bonds is 8. The van der Waals surface area contributed by atoms with Gasteiger partial charge in [-0.2, -0.15) is 5.10 Å². The summed E-state index contributed by atoms with van der Waals surface area (Å²) in [6.45, 7) is 12.2. The summed E-state index contributed by atoms with van der Waals surface area (Å²) in [7, 11) is 3.30. The number of aliphatic hydroxyl groups is 1. The maximum absolute atomic E-state index is 12.4. The first-order valence-corrected chi connectivity index (χ1v) is 16.2. The minimum absolute atomic E-state index is 0.0543. The number of hydrogen-bond acceptors (Lipinski definition) is 10. The van der Waals surface area contributed by atoms with Gasteiger partial charge in [0.1, 0.15) is 11.8 Å². The molecule has 1 unspecified atom stereocenters. The number of benzene rings is 1. The average Bonchev–Trinajstić information content (AvgIpc) is 3.46. The van der Waals surface area contributed by atoms with Crippen LogP contribution in [0.1, 0.15) is 52.9 Å². The number of nitro benzene ring substituents is 1. The van der Waals surface area contributed by atoms with E-state index in [4.69, 9.17) is 9.47 Å². The zero-order valence-corrected chi connectivity index (χ0v) is 27.4. The quantitative estimate of drug-likeness (QED) is 0.339. The minimum Gasteiger partial charge on any atom is -0.490 e. The van der Waals surface area contributed by atoms with Gasteiger partial charge in [0.05, 0.1) is 18.2 Å². The number of nitro groups is 1. The van der Waals surface area contributed by atoms with Crippen molar-refractivity contribution in [2.75, 3.05) is 64.4 Å². The Balaban J connectivity index is 1.11. The summed E-state index contributed by atoms with van der Waals surface area (Å²) in [5.74, 6) is 0.656. The van der Waals surface area contributed by atoms with Crippen molar-refractivity contribution >= 4 is 17.5 Å². The first-order chi connectivity index (χ1) is 21.4.